The van der Waals surface area contributed by atoms with Crippen LogP contribution >= 0.6 is 23.2 Å². The monoisotopic (exact) mass is 523 g/mol. The van der Waals surface area contributed by atoms with Crippen LogP contribution in [0.1, 0.15) is 45.7 Å². The fourth-order valence-electron chi connectivity index (χ4n) is 3.35. The van der Waals surface area contributed by atoms with Crippen molar-refractivity contribution in [2.45, 2.75) is 45.8 Å². The highest BCUT2D eigenvalue weighted by molar-refractivity contribution is 6.42. The van der Waals surface area contributed by atoms with E-state index in [4.69, 9.17) is 37.4 Å². The van der Waals surface area contributed by atoms with Crippen LogP contribution in [0.5, 0.6) is 5.75 Å². The first-order valence-corrected chi connectivity index (χ1v) is 11.3. The number of rotatable bonds is 4. The Balaban J connectivity index is 2.16. The second-order valence-corrected chi connectivity index (χ2v) is 10.1. The summed E-state index contributed by atoms with van der Waals surface area (Å²) in [5.74, 6) is -2.23. The molecule has 0 N–H and O–H groups in total. The van der Waals surface area contributed by atoms with Gasteiger partial charge < -0.3 is 14.2 Å². The number of methoxy groups -OCH3 is 1. The number of carbonyl (C=O) groups is 3. The topological polar surface area (TPSA) is 82.1 Å². The number of benzene rings is 2. The van der Waals surface area contributed by atoms with Gasteiger partial charge in [-0.05, 0) is 58.9 Å². The van der Waals surface area contributed by atoms with Crippen LogP contribution in [0.25, 0.3) is 11.6 Å². The largest absolute Gasteiger partial charge is 0.475 e. The van der Waals surface area contributed by atoms with E-state index in [0.29, 0.717) is 10.6 Å². The molecule has 2 aromatic carbocycles. The quantitative estimate of drug-likeness (QED) is 0.346. The molecule has 0 spiro atoms. The van der Waals surface area contributed by atoms with Crippen molar-refractivity contribution in [2.75, 3.05) is 12.0 Å². The molecule has 0 fully saturated rings. The summed E-state index contributed by atoms with van der Waals surface area (Å²) in [6, 6.07) is 6.87. The average molecular weight is 524 g/mol. The standard InChI is InChI=1S/C25H24Cl2FNO6/c1-24(2,3)35-23(32)29-19-11-14(26)7-8-15(19)16(21(29)30)9-13-10-17(27)18(28)12-20(13)34-25(4,5)22(31)33-6/h7-12H,1-6H3. The van der Waals surface area contributed by atoms with Crippen LogP contribution < -0.4 is 9.64 Å². The summed E-state index contributed by atoms with van der Waals surface area (Å²) in [5.41, 5.74) is -1.42. The van der Waals surface area contributed by atoms with E-state index in [0.717, 1.165) is 11.0 Å². The van der Waals surface area contributed by atoms with Gasteiger partial charge in [-0.2, -0.15) is 0 Å². The van der Waals surface area contributed by atoms with Gasteiger partial charge in [0, 0.05) is 22.2 Å². The molecule has 2 aromatic rings. The van der Waals surface area contributed by atoms with Crippen molar-refractivity contribution in [2.24, 2.45) is 0 Å². The molecule has 0 unspecified atom stereocenters. The molecule has 0 saturated heterocycles. The van der Waals surface area contributed by atoms with Crippen molar-refractivity contribution in [3.05, 3.63) is 57.3 Å². The highest BCUT2D eigenvalue weighted by atomic mass is 35.5. The zero-order chi connectivity index (χ0) is 26.3. The van der Waals surface area contributed by atoms with E-state index in [1.165, 1.54) is 39.2 Å². The Morgan fingerprint density at radius 1 is 1.06 bits per heavy atom. The maximum Gasteiger partial charge on any atom is 0.422 e. The molecule has 0 atom stereocenters. The second-order valence-electron chi connectivity index (χ2n) is 9.25. The molecule has 35 heavy (non-hydrogen) atoms. The number of anilines is 1. The number of carbonyl (C=O) groups excluding carboxylic acids is 3. The van der Waals surface area contributed by atoms with Crippen LogP contribution in [-0.2, 0) is 19.1 Å². The average Bonchev–Trinajstić information content (AvgIpc) is 3.00. The lowest BCUT2D eigenvalue weighted by atomic mass is 10.0. The molecule has 0 bridgehead atoms. The Hall–Kier alpha value is -3.10. The normalized spacial score (nSPS) is 14.7. The van der Waals surface area contributed by atoms with Crippen LogP contribution in [0.4, 0.5) is 14.9 Å². The van der Waals surface area contributed by atoms with E-state index in [1.807, 2.05) is 0 Å². The first-order chi connectivity index (χ1) is 16.1. The number of hydrogen-bond acceptors (Lipinski definition) is 6. The predicted octanol–water partition coefficient (Wildman–Crippen LogP) is 6.29. The Morgan fingerprint density at radius 3 is 2.31 bits per heavy atom. The third-order valence-corrected chi connectivity index (χ3v) is 5.42. The lowest BCUT2D eigenvalue weighted by Gasteiger charge is -2.24. The molecule has 0 aliphatic carbocycles. The molecule has 7 nitrogen and oxygen atoms in total. The Kier molecular flexibility index (Phi) is 7.20. The van der Waals surface area contributed by atoms with Gasteiger partial charge in [0.15, 0.2) is 5.60 Å². The van der Waals surface area contributed by atoms with Gasteiger partial charge in [-0.3, -0.25) is 4.79 Å². The van der Waals surface area contributed by atoms with E-state index in [1.54, 1.807) is 32.9 Å². The molecule has 3 rings (SSSR count). The van der Waals surface area contributed by atoms with Crippen LogP contribution in [0, 0.1) is 5.82 Å². The van der Waals surface area contributed by atoms with E-state index in [9.17, 15) is 18.8 Å². The van der Waals surface area contributed by atoms with Gasteiger partial charge in [0.2, 0.25) is 0 Å². The van der Waals surface area contributed by atoms with Gasteiger partial charge in [-0.25, -0.2) is 18.9 Å². The van der Waals surface area contributed by atoms with Crippen molar-refractivity contribution in [3.8, 4) is 5.75 Å². The highest BCUT2D eigenvalue weighted by Gasteiger charge is 2.40. The Morgan fingerprint density at radius 2 is 1.71 bits per heavy atom. The molecule has 1 aliphatic heterocycles. The summed E-state index contributed by atoms with van der Waals surface area (Å²) in [6.07, 6.45) is 0.517. The lowest BCUT2D eigenvalue weighted by molar-refractivity contribution is -0.156. The number of hydrogen-bond donors (Lipinski definition) is 0. The molecule has 186 valence electrons. The Bertz CT molecular complexity index is 1250. The van der Waals surface area contributed by atoms with E-state index < -0.39 is 35.0 Å². The van der Waals surface area contributed by atoms with Gasteiger partial charge >= 0.3 is 12.1 Å². The van der Waals surface area contributed by atoms with Crippen molar-refractivity contribution in [1.29, 1.82) is 0 Å². The van der Waals surface area contributed by atoms with Gasteiger partial charge in [0.1, 0.15) is 17.2 Å². The zero-order valence-corrected chi connectivity index (χ0v) is 21.5. The summed E-state index contributed by atoms with van der Waals surface area (Å²) in [4.78, 5) is 39.3. The van der Waals surface area contributed by atoms with Crippen LogP contribution in [0.2, 0.25) is 10.0 Å². The van der Waals surface area contributed by atoms with Gasteiger partial charge in [-0.1, -0.05) is 29.3 Å². The van der Waals surface area contributed by atoms with E-state index >= 15 is 0 Å². The van der Waals surface area contributed by atoms with Gasteiger partial charge in [0.25, 0.3) is 5.91 Å². The molecule has 1 aliphatic rings. The van der Waals surface area contributed by atoms with E-state index in [-0.39, 0.29) is 27.6 Å². The van der Waals surface area contributed by atoms with Crippen LogP contribution in [0.3, 0.4) is 0 Å². The SMILES string of the molecule is COC(=O)C(C)(C)Oc1cc(F)c(Cl)cc1C=C1C(=O)N(C(=O)OC(C)(C)C)c2cc(Cl)ccc21. The van der Waals surface area contributed by atoms with Crippen LogP contribution in [-0.4, -0.2) is 36.3 Å². The summed E-state index contributed by atoms with van der Waals surface area (Å²) < 4.78 is 30.2. The minimum Gasteiger partial charge on any atom is -0.475 e. The summed E-state index contributed by atoms with van der Waals surface area (Å²) in [5, 5.41) is 0.0749. The van der Waals surface area contributed by atoms with Gasteiger partial charge in [-0.15, -0.1) is 0 Å². The summed E-state index contributed by atoms with van der Waals surface area (Å²) in [7, 11) is 1.20. The number of fused-ring (bicyclic) bond motifs is 1. The molecular formula is C25H24Cl2FNO6. The molecule has 0 aromatic heterocycles. The van der Waals surface area contributed by atoms with Gasteiger partial charge in [0.05, 0.1) is 23.4 Å². The third-order valence-electron chi connectivity index (χ3n) is 4.90. The molecule has 0 radical (unpaired) electrons. The van der Waals surface area contributed by atoms with Crippen molar-refractivity contribution in [1.82, 2.24) is 0 Å². The second kappa shape index (κ2) is 9.51. The van der Waals surface area contributed by atoms with Crippen molar-refractivity contribution < 1.29 is 33.0 Å². The summed E-state index contributed by atoms with van der Waals surface area (Å²) >= 11 is 12.1. The minimum atomic E-state index is -1.48. The van der Waals surface area contributed by atoms with Crippen LogP contribution in [0.15, 0.2) is 30.3 Å². The number of amides is 2. The number of esters is 1. The fraction of sp³-hybridized carbons (Fsp3) is 0.320. The minimum absolute atomic E-state index is 0.0613. The smallest absolute Gasteiger partial charge is 0.422 e. The van der Waals surface area contributed by atoms with Crippen molar-refractivity contribution in [3.63, 3.8) is 0 Å². The molecule has 1 heterocycles. The Labute approximate surface area is 212 Å². The number of ether oxygens (including phenoxy) is 3. The maximum absolute atomic E-state index is 14.3. The first kappa shape index (κ1) is 26.5. The summed E-state index contributed by atoms with van der Waals surface area (Å²) in [6.45, 7) is 7.92. The number of nitrogens with zero attached hydrogens (tertiary/aromatic N) is 1. The van der Waals surface area contributed by atoms with Crippen molar-refractivity contribution >= 4 is 58.5 Å². The first-order valence-electron chi connectivity index (χ1n) is 10.5. The number of imide groups is 1. The molecule has 10 heteroatoms. The van der Waals surface area contributed by atoms with E-state index in [2.05, 4.69) is 0 Å². The number of halogens is 3. The molecule has 2 amide bonds. The molecule has 0 saturated carbocycles. The highest BCUT2D eigenvalue weighted by Crippen LogP contribution is 2.42. The predicted molar refractivity (Wildman–Crippen MR) is 131 cm³/mol. The lowest BCUT2D eigenvalue weighted by Crippen LogP contribution is -2.39. The third kappa shape index (κ3) is 5.60. The molecular weight excluding hydrogens is 500 g/mol. The zero-order valence-electron chi connectivity index (χ0n) is 20.0. The fourth-order valence-corrected chi connectivity index (χ4v) is 3.69. The maximum atomic E-state index is 14.3.